The smallest absolute Gasteiger partial charge is 0.225 e. The maximum Gasteiger partial charge on any atom is 0.225 e. The molecule has 1 aromatic heterocycles. The predicted molar refractivity (Wildman–Crippen MR) is 118 cm³/mol. The summed E-state index contributed by atoms with van der Waals surface area (Å²) in [5.74, 6) is 2.61. The van der Waals surface area contributed by atoms with E-state index in [9.17, 15) is 4.79 Å². The summed E-state index contributed by atoms with van der Waals surface area (Å²) in [6.45, 7) is 0.902. The van der Waals surface area contributed by atoms with Gasteiger partial charge in [0.05, 0.1) is 33.6 Å². The molecule has 0 radical (unpaired) electrons. The Morgan fingerprint density at radius 3 is 2.73 bits per heavy atom. The lowest BCUT2D eigenvalue weighted by Gasteiger charge is -2.14. The largest absolute Gasteiger partial charge is 0.494 e. The molecule has 0 atom stereocenters. The molecular formula is C22H24BrN3O4. The minimum absolute atomic E-state index is 0.0906. The van der Waals surface area contributed by atoms with Gasteiger partial charge in [-0.1, -0.05) is 34.1 Å². The number of nitrogens with one attached hydrogen (secondary N) is 1. The Bertz CT molecular complexity index is 990. The number of halogens is 1. The molecule has 3 aromatic rings. The van der Waals surface area contributed by atoms with Gasteiger partial charge in [0.1, 0.15) is 11.6 Å². The lowest BCUT2D eigenvalue weighted by atomic mass is 10.2. The fourth-order valence-corrected chi connectivity index (χ4v) is 3.37. The number of carbonyl (C=O) groups excluding carboxylic acids is 1. The Balaban J connectivity index is 1.53. The standard InChI is InChI=1S/C22H24BrN3O4/c1-28-19-9-3-6-16(22(19)29-2)15-26-20(11-12-24-26)25-21(27)10-5-13-30-18-8-4-7-17(23)14-18/h3-4,6-9,11-12,14H,5,10,13,15H2,1-2H3,(H,25,27). The molecule has 0 unspecified atom stereocenters. The van der Waals surface area contributed by atoms with Crippen LogP contribution in [0.4, 0.5) is 5.82 Å². The summed E-state index contributed by atoms with van der Waals surface area (Å²) in [5, 5.41) is 7.23. The maximum absolute atomic E-state index is 12.3. The molecule has 158 valence electrons. The van der Waals surface area contributed by atoms with E-state index >= 15 is 0 Å². The molecule has 1 N–H and O–H groups in total. The van der Waals surface area contributed by atoms with E-state index in [2.05, 4.69) is 26.3 Å². The van der Waals surface area contributed by atoms with Crippen molar-refractivity contribution in [1.82, 2.24) is 9.78 Å². The van der Waals surface area contributed by atoms with Gasteiger partial charge in [0.15, 0.2) is 11.5 Å². The zero-order valence-electron chi connectivity index (χ0n) is 16.9. The summed E-state index contributed by atoms with van der Waals surface area (Å²) >= 11 is 3.41. The number of carbonyl (C=O) groups is 1. The van der Waals surface area contributed by atoms with Gasteiger partial charge in [0, 0.05) is 22.5 Å². The van der Waals surface area contributed by atoms with Crippen LogP contribution in [0.2, 0.25) is 0 Å². The Morgan fingerprint density at radius 1 is 1.13 bits per heavy atom. The van der Waals surface area contributed by atoms with Crippen molar-refractivity contribution in [3.05, 3.63) is 64.8 Å². The molecule has 1 amide bonds. The van der Waals surface area contributed by atoms with Crippen LogP contribution >= 0.6 is 15.9 Å². The van der Waals surface area contributed by atoms with Crippen LogP contribution in [0, 0.1) is 0 Å². The van der Waals surface area contributed by atoms with Gasteiger partial charge in [-0.15, -0.1) is 0 Å². The summed E-state index contributed by atoms with van der Waals surface area (Å²) in [5.41, 5.74) is 0.901. The van der Waals surface area contributed by atoms with E-state index in [1.54, 1.807) is 31.2 Å². The quantitative estimate of drug-likeness (QED) is 0.438. The number of para-hydroxylation sites is 1. The minimum atomic E-state index is -0.0906. The van der Waals surface area contributed by atoms with Crippen LogP contribution < -0.4 is 19.5 Å². The van der Waals surface area contributed by atoms with E-state index in [4.69, 9.17) is 14.2 Å². The van der Waals surface area contributed by atoms with Gasteiger partial charge in [-0.2, -0.15) is 5.10 Å². The van der Waals surface area contributed by atoms with E-state index in [0.29, 0.717) is 43.3 Å². The SMILES string of the molecule is COc1cccc(Cn2nccc2NC(=O)CCCOc2cccc(Br)c2)c1OC. The first-order chi connectivity index (χ1) is 14.6. The molecular weight excluding hydrogens is 450 g/mol. The van der Waals surface area contributed by atoms with Gasteiger partial charge < -0.3 is 19.5 Å². The Morgan fingerprint density at radius 2 is 1.97 bits per heavy atom. The van der Waals surface area contributed by atoms with Crippen LogP contribution in [0.25, 0.3) is 0 Å². The van der Waals surface area contributed by atoms with Gasteiger partial charge >= 0.3 is 0 Å². The maximum atomic E-state index is 12.3. The fourth-order valence-electron chi connectivity index (χ4n) is 2.99. The molecule has 0 aliphatic carbocycles. The molecule has 0 aliphatic heterocycles. The number of nitrogens with zero attached hydrogens (tertiary/aromatic N) is 2. The lowest BCUT2D eigenvalue weighted by molar-refractivity contribution is -0.116. The fraction of sp³-hybridized carbons (Fsp3) is 0.273. The second-order valence-corrected chi connectivity index (χ2v) is 7.40. The van der Waals surface area contributed by atoms with Crippen molar-refractivity contribution in [2.45, 2.75) is 19.4 Å². The van der Waals surface area contributed by atoms with Crippen LogP contribution in [0.3, 0.4) is 0 Å². The molecule has 0 saturated carbocycles. The zero-order chi connectivity index (χ0) is 21.3. The number of ether oxygens (including phenoxy) is 3. The van der Waals surface area contributed by atoms with Gasteiger partial charge in [-0.3, -0.25) is 4.79 Å². The average molecular weight is 474 g/mol. The number of amides is 1. The third kappa shape index (κ3) is 5.76. The lowest BCUT2D eigenvalue weighted by Crippen LogP contribution is -2.17. The van der Waals surface area contributed by atoms with Crippen LogP contribution in [-0.4, -0.2) is 36.5 Å². The third-order valence-electron chi connectivity index (χ3n) is 4.40. The second-order valence-electron chi connectivity index (χ2n) is 6.48. The Hall–Kier alpha value is -3.00. The Kier molecular flexibility index (Phi) is 7.73. The molecule has 0 aliphatic rings. The molecule has 0 saturated heterocycles. The minimum Gasteiger partial charge on any atom is -0.494 e. The molecule has 0 spiro atoms. The van der Waals surface area contributed by atoms with Crippen molar-refractivity contribution in [2.24, 2.45) is 0 Å². The number of anilines is 1. The van der Waals surface area contributed by atoms with E-state index < -0.39 is 0 Å². The van der Waals surface area contributed by atoms with Gasteiger partial charge in [0.2, 0.25) is 5.91 Å². The number of benzene rings is 2. The van der Waals surface area contributed by atoms with E-state index in [0.717, 1.165) is 15.8 Å². The first-order valence-electron chi connectivity index (χ1n) is 9.50. The van der Waals surface area contributed by atoms with Crippen molar-refractivity contribution in [2.75, 3.05) is 26.1 Å². The summed E-state index contributed by atoms with van der Waals surface area (Å²) in [7, 11) is 3.20. The molecule has 3 rings (SSSR count). The summed E-state index contributed by atoms with van der Waals surface area (Å²) < 4.78 is 19.2. The number of methoxy groups -OCH3 is 2. The molecule has 0 bridgehead atoms. The monoisotopic (exact) mass is 473 g/mol. The molecule has 2 aromatic carbocycles. The van der Waals surface area contributed by atoms with Gasteiger partial charge in [-0.25, -0.2) is 4.68 Å². The van der Waals surface area contributed by atoms with Crippen LogP contribution in [0.5, 0.6) is 17.2 Å². The van der Waals surface area contributed by atoms with E-state index in [1.807, 2.05) is 42.5 Å². The van der Waals surface area contributed by atoms with E-state index in [1.165, 1.54) is 0 Å². The average Bonchev–Trinajstić information content (AvgIpc) is 3.17. The number of rotatable bonds is 10. The highest BCUT2D eigenvalue weighted by Crippen LogP contribution is 2.31. The normalized spacial score (nSPS) is 10.5. The van der Waals surface area contributed by atoms with Crippen molar-refractivity contribution >= 4 is 27.7 Å². The predicted octanol–water partition coefficient (Wildman–Crippen LogP) is 4.51. The zero-order valence-corrected chi connectivity index (χ0v) is 18.5. The van der Waals surface area contributed by atoms with Gasteiger partial charge in [0.25, 0.3) is 0 Å². The second kappa shape index (κ2) is 10.7. The highest BCUT2D eigenvalue weighted by molar-refractivity contribution is 9.10. The molecule has 7 nitrogen and oxygen atoms in total. The van der Waals surface area contributed by atoms with Crippen molar-refractivity contribution in [3.8, 4) is 17.2 Å². The third-order valence-corrected chi connectivity index (χ3v) is 4.89. The van der Waals surface area contributed by atoms with Crippen molar-refractivity contribution in [3.63, 3.8) is 0 Å². The summed E-state index contributed by atoms with van der Waals surface area (Å²) in [6, 6.07) is 15.1. The highest BCUT2D eigenvalue weighted by atomic mass is 79.9. The van der Waals surface area contributed by atoms with Crippen LogP contribution in [0.1, 0.15) is 18.4 Å². The molecule has 30 heavy (non-hydrogen) atoms. The summed E-state index contributed by atoms with van der Waals surface area (Å²) in [4.78, 5) is 12.3. The van der Waals surface area contributed by atoms with Gasteiger partial charge in [-0.05, 0) is 30.7 Å². The molecule has 1 heterocycles. The number of hydrogen-bond acceptors (Lipinski definition) is 5. The Labute approximate surface area is 184 Å². The van der Waals surface area contributed by atoms with Crippen LogP contribution in [-0.2, 0) is 11.3 Å². The number of hydrogen-bond donors (Lipinski definition) is 1. The van der Waals surface area contributed by atoms with Crippen molar-refractivity contribution < 1.29 is 19.0 Å². The first-order valence-corrected chi connectivity index (χ1v) is 10.3. The first kappa shape index (κ1) is 21.7. The van der Waals surface area contributed by atoms with Crippen molar-refractivity contribution in [1.29, 1.82) is 0 Å². The molecule has 8 heteroatoms. The molecule has 0 fully saturated rings. The van der Waals surface area contributed by atoms with E-state index in [-0.39, 0.29) is 5.91 Å². The number of aromatic nitrogens is 2. The topological polar surface area (TPSA) is 74.6 Å². The summed E-state index contributed by atoms with van der Waals surface area (Å²) in [6.07, 6.45) is 2.61. The van der Waals surface area contributed by atoms with Crippen LogP contribution in [0.15, 0.2) is 59.2 Å². The highest BCUT2D eigenvalue weighted by Gasteiger charge is 2.13.